The van der Waals surface area contributed by atoms with E-state index in [1.807, 2.05) is 6.92 Å². The molecule has 0 saturated carbocycles. The van der Waals surface area contributed by atoms with Crippen LogP contribution in [0.15, 0.2) is 28.2 Å². The molecule has 0 aliphatic carbocycles. The third kappa shape index (κ3) is 1.96. The number of rotatable bonds is 1. The summed E-state index contributed by atoms with van der Waals surface area (Å²) in [5, 5.41) is 1.19. The van der Waals surface area contributed by atoms with Crippen LogP contribution in [0.5, 0.6) is 0 Å². The molecule has 1 heteroatoms. The third-order valence-electron chi connectivity index (χ3n) is 2.47. The first kappa shape index (κ1) is 10.0. The number of aryl methyl sites for hydroxylation is 2. The summed E-state index contributed by atoms with van der Waals surface area (Å²) in [4.78, 5) is 0. The second-order valence-electron chi connectivity index (χ2n) is 4.33. The fourth-order valence-corrected chi connectivity index (χ4v) is 1.81. The lowest BCUT2D eigenvalue weighted by molar-refractivity contribution is 0.578. The van der Waals surface area contributed by atoms with Crippen LogP contribution in [0.25, 0.3) is 17.0 Å². The molecular weight excluding hydrogens is 184 g/mol. The van der Waals surface area contributed by atoms with Gasteiger partial charge in [0.1, 0.15) is 11.3 Å². The maximum Gasteiger partial charge on any atom is 0.134 e. The van der Waals surface area contributed by atoms with Gasteiger partial charge < -0.3 is 4.42 Å². The number of hydrogen-bond acceptors (Lipinski definition) is 1. The fourth-order valence-electron chi connectivity index (χ4n) is 1.81. The van der Waals surface area contributed by atoms with Gasteiger partial charge in [0.05, 0.1) is 0 Å². The van der Waals surface area contributed by atoms with Crippen molar-refractivity contribution in [3.05, 3.63) is 40.7 Å². The van der Waals surface area contributed by atoms with Gasteiger partial charge in [-0.3, -0.25) is 0 Å². The van der Waals surface area contributed by atoms with Crippen molar-refractivity contribution in [3.8, 4) is 0 Å². The molecule has 0 atom stereocenters. The second-order valence-corrected chi connectivity index (χ2v) is 4.33. The van der Waals surface area contributed by atoms with Crippen molar-refractivity contribution in [2.75, 3.05) is 0 Å². The number of furan rings is 1. The molecule has 1 aromatic heterocycles. The maximum atomic E-state index is 5.59. The van der Waals surface area contributed by atoms with Crippen molar-refractivity contribution < 1.29 is 4.42 Å². The first-order valence-electron chi connectivity index (χ1n) is 5.22. The van der Waals surface area contributed by atoms with Crippen LogP contribution in [0, 0.1) is 13.8 Å². The van der Waals surface area contributed by atoms with Gasteiger partial charge in [0, 0.05) is 5.39 Å². The van der Waals surface area contributed by atoms with Crippen molar-refractivity contribution in [3.63, 3.8) is 0 Å². The zero-order chi connectivity index (χ0) is 11.0. The Morgan fingerprint density at radius 3 is 2.53 bits per heavy atom. The summed E-state index contributed by atoms with van der Waals surface area (Å²) < 4.78 is 5.59. The SMILES string of the molecule is CC(C)=Cc1cc2cc(C)oc2cc1C. The molecule has 15 heavy (non-hydrogen) atoms. The Bertz CT molecular complexity index is 526. The van der Waals surface area contributed by atoms with Gasteiger partial charge in [0.15, 0.2) is 0 Å². The van der Waals surface area contributed by atoms with Gasteiger partial charge in [-0.15, -0.1) is 0 Å². The van der Waals surface area contributed by atoms with Crippen LogP contribution in [0.4, 0.5) is 0 Å². The van der Waals surface area contributed by atoms with Crippen molar-refractivity contribution in [2.24, 2.45) is 0 Å². The van der Waals surface area contributed by atoms with Gasteiger partial charge in [-0.25, -0.2) is 0 Å². The summed E-state index contributed by atoms with van der Waals surface area (Å²) >= 11 is 0. The van der Waals surface area contributed by atoms with E-state index in [0.717, 1.165) is 11.3 Å². The fraction of sp³-hybridized carbons (Fsp3) is 0.286. The number of fused-ring (bicyclic) bond motifs is 1. The van der Waals surface area contributed by atoms with Gasteiger partial charge in [-0.2, -0.15) is 0 Å². The Balaban J connectivity index is 2.66. The first-order chi connectivity index (χ1) is 7.06. The van der Waals surface area contributed by atoms with Gasteiger partial charge in [-0.1, -0.05) is 11.6 Å². The molecule has 0 aliphatic heterocycles. The number of hydrogen-bond donors (Lipinski definition) is 0. The largest absolute Gasteiger partial charge is 0.461 e. The Kier molecular flexibility index (Phi) is 2.39. The molecule has 0 bridgehead atoms. The second kappa shape index (κ2) is 3.58. The molecule has 0 amide bonds. The molecule has 0 saturated heterocycles. The predicted molar refractivity (Wildman–Crippen MR) is 65.0 cm³/mol. The standard InChI is InChI=1S/C14H16O/c1-9(2)5-12-8-13-7-11(4)15-14(13)6-10(12)3/h5-8H,1-4H3. The molecular formula is C14H16O. The molecule has 78 valence electrons. The van der Waals surface area contributed by atoms with Crippen molar-refractivity contribution >= 4 is 17.0 Å². The van der Waals surface area contributed by atoms with Crippen LogP contribution in [0.1, 0.15) is 30.7 Å². The molecule has 0 N–H and O–H groups in total. The van der Waals surface area contributed by atoms with Gasteiger partial charge in [0.25, 0.3) is 0 Å². The average molecular weight is 200 g/mol. The summed E-state index contributed by atoms with van der Waals surface area (Å²) in [6, 6.07) is 6.38. The maximum absolute atomic E-state index is 5.59. The van der Waals surface area contributed by atoms with Gasteiger partial charge in [0.2, 0.25) is 0 Å². The Labute approximate surface area is 90.4 Å². The minimum absolute atomic E-state index is 0.971. The highest BCUT2D eigenvalue weighted by molar-refractivity contribution is 5.82. The lowest BCUT2D eigenvalue weighted by atomic mass is 10.0. The molecule has 2 aromatic rings. The molecule has 0 unspecified atom stereocenters. The highest BCUT2D eigenvalue weighted by atomic mass is 16.3. The third-order valence-corrected chi connectivity index (χ3v) is 2.47. The molecule has 0 fully saturated rings. The van der Waals surface area contributed by atoms with E-state index in [1.165, 1.54) is 22.1 Å². The lowest BCUT2D eigenvalue weighted by Crippen LogP contribution is -1.80. The minimum atomic E-state index is 0.971. The monoisotopic (exact) mass is 200 g/mol. The van der Waals surface area contributed by atoms with Crippen LogP contribution in [-0.2, 0) is 0 Å². The smallest absolute Gasteiger partial charge is 0.134 e. The zero-order valence-corrected chi connectivity index (χ0v) is 9.72. The molecule has 0 aliphatic rings. The average Bonchev–Trinajstić information content (AvgIpc) is 2.44. The topological polar surface area (TPSA) is 13.1 Å². The Hall–Kier alpha value is -1.50. The van der Waals surface area contributed by atoms with Crippen LogP contribution < -0.4 is 0 Å². The normalized spacial score (nSPS) is 10.7. The van der Waals surface area contributed by atoms with Crippen molar-refractivity contribution in [1.29, 1.82) is 0 Å². The first-order valence-corrected chi connectivity index (χ1v) is 5.22. The van der Waals surface area contributed by atoms with E-state index in [0.29, 0.717) is 0 Å². The molecule has 1 aromatic carbocycles. The van der Waals surface area contributed by atoms with Crippen LogP contribution in [-0.4, -0.2) is 0 Å². The van der Waals surface area contributed by atoms with E-state index in [2.05, 4.69) is 45.0 Å². The summed E-state index contributed by atoms with van der Waals surface area (Å²) in [7, 11) is 0. The zero-order valence-electron chi connectivity index (χ0n) is 9.72. The molecule has 1 heterocycles. The summed E-state index contributed by atoms with van der Waals surface area (Å²) in [5.41, 5.74) is 4.84. The Morgan fingerprint density at radius 2 is 1.87 bits per heavy atom. The molecule has 0 radical (unpaired) electrons. The molecule has 2 rings (SSSR count). The molecule has 0 spiro atoms. The predicted octanol–water partition coefficient (Wildman–Crippen LogP) is 4.47. The van der Waals surface area contributed by atoms with Crippen LogP contribution >= 0.6 is 0 Å². The van der Waals surface area contributed by atoms with E-state index < -0.39 is 0 Å². The quantitative estimate of drug-likeness (QED) is 0.661. The highest BCUT2D eigenvalue weighted by Crippen LogP contribution is 2.24. The number of allylic oxidation sites excluding steroid dienone is 1. The molecule has 1 nitrogen and oxygen atoms in total. The van der Waals surface area contributed by atoms with E-state index in [-0.39, 0.29) is 0 Å². The van der Waals surface area contributed by atoms with Crippen LogP contribution in [0.2, 0.25) is 0 Å². The van der Waals surface area contributed by atoms with Gasteiger partial charge >= 0.3 is 0 Å². The summed E-state index contributed by atoms with van der Waals surface area (Å²) in [6.45, 7) is 8.33. The van der Waals surface area contributed by atoms with Gasteiger partial charge in [-0.05, 0) is 57.0 Å². The summed E-state index contributed by atoms with van der Waals surface area (Å²) in [5.74, 6) is 0.971. The van der Waals surface area contributed by atoms with Crippen molar-refractivity contribution in [2.45, 2.75) is 27.7 Å². The number of benzene rings is 1. The van der Waals surface area contributed by atoms with E-state index in [4.69, 9.17) is 4.42 Å². The van der Waals surface area contributed by atoms with E-state index in [9.17, 15) is 0 Å². The lowest BCUT2D eigenvalue weighted by Gasteiger charge is -2.01. The van der Waals surface area contributed by atoms with Crippen molar-refractivity contribution in [1.82, 2.24) is 0 Å². The minimum Gasteiger partial charge on any atom is -0.461 e. The van der Waals surface area contributed by atoms with E-state index in [1.54, 1.807) is 0 Å². The Morgan fingerprint density at radius 1 is 1.13 bits per heavy atom. The summed E-state index contributed by atoms with van der Waals surface area (Å²) in [6.07, 6.45) is 2.21. The van der Waals surface area contributed by atoms with Crippen LogP contribution in [0.3, 0.4) is 0 Å². The highest BCUT2D eigenvalue weighted by Gasteiger charge is 2.03. The van der Waals surface area contributed by atoms with E-state index >= 15 is 0 Å².